The molecule has 0 saturated heterocycles. The highest BCUT2D eigenvalue weighted by atomic mass is 16.7. The van der Waals surface area contributed by atoms with Gasteiger partial charge in [-0.3, -0.25) is 4.79 Å². The molecule has 0 aliphatic heterocycles. The van der Waals surface area contributed by atoms with Crippen LogP contribution in [0, 0.1) is 0 Å². The third-order valence-electron chi connectivity index (χ3n) is 3.39. The molecule has 0 aromatic heterocycles. The fraction of sp³-hybridized carbons (Fsp3) is 0.611. The predicted molar refractivity (Wildman–Crippen MR) is 89.0 cm³/mol. The Morgan fingerprint density at radius 2 is 1.82 bits per heavy atom. The Balaban J connectivity index is 2.40. The molecular weight excluding hydrogens is 278 g/mol. The van der Waals surface area contributed by atoms with Gasteiger partial charge in [-0.15, -0.1) is 0 Å². The molecule has 4 heteroatoms. The summed E-state index contributed by atoms with van der Waals surface area (Å²) in [6.45, 7) is 7.95. The van der Waals surface area contributed by atoms with Gasteiger partial charge in [0.2, 0.25) is 0 Å². The maximum Gasteiger partial charge on any atom is 0.251 e. The van der Waals surface area contributed by atoms with E-state index in [0.717, 1.165) is 36.8 Å². The number of hydrogen-bond donors (Lipinski definition) is 1. The predicted octanol–water partition coefficient (Wildman–Crippen LogP) is 3.55. The van der Waals surface area contributed by atoms with Crippen LogP contribution in [0.3, 0.4) is 0 Å². The number of hydrogen-bond acceptors (Lipinski definition) is 3. The van der Waals surface area contributed by atoms with Gasteiger partial charge in [-0.05, 0) is 38.3 Å². The fourth-order valence-electron chi connectivity index (χ4n) is 2.38. The zero-order valence-electron chi connectivity index (χ0n) is 14.1. The summed E-state index contributed by atoms with van der Waals surface area (Å²) in [6.07, 6.45) is 3.43. The number of amides is 1. The first-order chi connectivity index (χ1) is 10.7. The molecule has 1 N–H and O–H groups in total. The van der Waals surface area contributed by atoms with E-state index in [1.165, 1.54) is 0 Å². The van der Waals surface area contributed by atoms with Crippen molar-refractivity contribution in [1.82, 2.24) is 5.32 Å². The average molecular weight is 307 g/mol. The summed E-state index contributed by atoms with van der Waals surface area (Å²) < 4.78 is 11.0. The zero-order valence-corrected chi connectivity index (χ0v) is 14.1. The van der Waals surface area contributed by atoms with Crippen LogP contribution in [0.25, 0.3) is 0 Å². The van der Waals surface area contributed by atoms with Crippen molar-refractivity contribution in [3.05, 3.63) is 35.4 Å². The monoisotopic (exact) mass is 307 g/mol. The van der Waals surface area contributed by atoms with Crippen LogP contribution in [0.5, 0.6) is 0 Å². The number of nitrogens with one attached hydrogen (secondary N) is 1. The summed E-state index contributed by atoms with van der Waals surface area (Å²) >= 11 is 0. The van der Waals surface area contributed by atoms with Gasteiger partial charge in [-0.25, -0.2) is 0 Å². The lowest BCUT2D eigenvalue weighted by Crippen LogP contribution is -2.27. The van der Waals surface area contributed by atoms with Gasteiger partial charge in [-0.2, -0.15) is 0 Å². The number of rotatable bonds is 11. The molecule has 4 nitrogen and oxygen atoms in total. The zero-order chi connectivity index (χ0) is 16.2. The van der Waals surface area contributed by atoms with Gasteiger partial charge >= 0.3 is 0 Å². The summed E-state index contributed by atoms with van der Waals surface area (Å²) in [5, 5.41) is 2.99. The van der Waals surface area contributed by atoms with Crippen LogP contribution < -0.4 is 5.32 Å². The van der Waals surface area contributed by atoms with Crippen molar-refractivity contribution in [3.63, 3.8) is 0 Å². The summed E-state index contributed by atoms with van der Waals surface area (Å²) in [4.78, 5) is 12.3. The smallest absolute Gasteiger partial charge is 0.251 e. The second-order valence-corrected chi connectivity index (χ2v) is 5.15. The number of ether oxygens (including phenoxy) is 2. The Morgan fingerprint density at radius 1 is 1.14 bits per heavy atom. The molecule has 0 fully saturated rings. The van der Waals surface area contributed by atoms with Crippen LogP contribution in [0.15, 0.2) is 24.3 Å². The minimum atomic E-state index is -0.167. The minimum absolute atomic E-state index is 0.00780. The molecule has 0 heterocycles. The molecular formula is C18H29NO3. The normalized spacial score (nSPS) is 10.9. The first-order valence-electron chi connectivity index (χ1n) is 8.32. The molecule has 0 unspecified atom stereocenters. The Morgan fingerprint density at radius 3 is 2.45 bits per heavy atom. The lowest BCUT2D eigenvalue weighted by molar-refractivity contribution is -0.139. The quantitative estimate of drug-likeness (QED) is 0.502. The van der Waals surface area contributed by atoms with E-state index in [0.29, 0.717) is 19.8 Å². The van der Waals surface area contributed by atoms with Crippen molar-refractivity contribution in [2.75, 3.05) is 19.8 Å². The van der Waals surface area contributed by atoms with Crippen molar-refractivity contribution in [2.24, 2.45) is 0 Å². The Hall–Kier alpha value is -1.39. The highest BCUT2D eigenvalue weighted by Gasteiger charge is 2.11. The van der Waals surface area contributed by atoms with Gasteiger partial charge in [0.1, 0.15) is 0 Å². The fourth-order valence-corrected chi connectivity index (χ4v) is 2.38. The molecule has 1 rings (SSSR count). The van der Waals surface area contributed by atoms with E-state index in [1.54, 1.807) is 0 Å². The number of carbonyl (C=O) groups is 1. The van der Waals surface area contributed by atoms with Crippen LogP contribution in [0.4, 0.5) is 0 Å². The average Bonchev–Trinajstić information content (AvgIpc) is 2.52. The maximum absolute atomic E-state index is 12.3. The molecule has 124 valence electrons. The molecule has 0 aliphatic carbocycles. The maximum atomic E-state index is 12.3. The van der Waals surface area contributed by atoms with Gasteiger partial charge in [0.15, 0.2) is 6.29 Å². The highest BCUT2D eigenvalue weighted by molar-refractivity contribution is 5.95. The van der Waals surface area contributed by atoms with Gasteiger partial charge < -0.3 is 14.8 Å². The van der Waals surface area contributed by atoms with Crippen molar-refractivity contribution in [3.8, 4) is 0 Å². The summed E-state index contributed by atoms with van der Waals surface area (Å²) in [7, 11) is 0. The lowest BCUT2D eigenvalue weighted by Gasteiger charge is -2.17. The topological polar surface area (TPSA) is 47.6 Å². The third-order valence-corrected chi connectivity index (χ3v) is 3.39. The van der Waals surface area contributed by atoms with Gasteiger partial charge in [-0.1, -0.05) is 31.5 Å². The lowest BCUT2D eigenvalue weighted by atomic mass is 10.0. The second-order valence-electron chi connectivity index (χ2n) is 5.15. The second kappa shape index (κ2) is 11.2. The van der Waals surface area contributed by atoms with Crippen LogP contribution in [0.1, 0.15) is 56.0 Å². The van der Waals surface area contributed by atoms with Crippen molar-refractivity contribution in [2.45, 2.75) is 52.7 Å². The molecule has 0 spiro atoms. The van der Waals surface area contributed by atoms with E-state index >= 15 is 0 Å². The molecule has 0 radical (unpaired) electrons. The summed E-state index contributed by atoms with van der Waals surface area (Å²) in [5.41, 5.74) is 1.90. The molecule has 1 aromatic carbocycles. The molecule has 0 saturated carbocycles. The van der Waals surface area contributed by atoms with Crippen LogP contribution >= 0.6 is 0 Å². The highest BCUT2D eigenvalue weighted by Crippen LogP contribution is 2.11. The van der Waals surface area contributed by atoms with Crippen molar-refractivity contribution >= 4 is 5.91 Å². The molecule has 0 atom stereocenters. The number of aryl methyl sites for hydroxylation is 1. The summed E-state index contributed by atoms with van der Waals surface area (Å²) in [5.74, 6) is 0.00780. The van der Waals surface area contributed by atoms with E-state index in [2.05, 4.69) is 12.2 Å². The molecule has 0 aliphatic rings. The minimum Gasteiger partial charge on any atom is -0.353 e. The molecule has 1 amide bonds. The number of carbonyl (C=O) groups excluding carboxylic acids is 1. The Kier molecular flexibility index (Phi) is 9.51. The van der Waals surface area contributed by atoms with Gasteiger partial charge in [0.05, 0.1) is 0 Å². The van der Waals surface area contributed by atoms with E-state index in [9.17, 15) is 4.79 Å². The summed E-state index contributed by atoms with van der Waals surface area (Å²) in [6, 6.07) is 7.81. The van der Waals surface area contributed by atoms with Gasteiger partial charge in [0.25, 0.3) is 5.91 Å². The van der Waals surface area contributed by atoms with E-state index in [4.69, 9.17) is 9.47 Å². The van der Waals surface area contributed by atoms with E-state index < -0.39 is 0 Å². The van der Waals surface area contributed by atoms with Crippen molar-refractivity contribution in [1.29, 1.82) is 0 Å². The van der Waals surface area contributed by atoms with E-state index in [1.807, 2.05) is 38.1 Å². The van der Waals surface area contributed by atoms with Gasteiger partial charge in [0, 0.05) is 31.7 Å². The van der Waals surface area contributed by atoms with Crippen LogP contribution in [-0.2, 0) is 15.9 Å². The Labute approximate surface area is 134 Å². The largest absolute Gasteiger partial charge is 0.353 e. The Bertz CT molecular complexity index is 428. The molecule has 22 heavy (non-hydrogen) atoms. The third kappa shape index (κ3) is 6.58. The molecule has 0 bridgehead atoms. The standard InChI is InChI=1S/C18H29NO3/c1-4-10-15-11-7-8-12-16(15)18(20)19-14-9-13-17(21-5-2)22-6-3/h7-8,11-12,17H,4-6,9-10,13-14H2,1-3H3,(H,19,20). The first-order valence-corrected chi connectivity index (χ1v) is 8.32. The SMILES string of the molecule is CCCc1ccccc1C(=O)NCCCC(OCC)OCC. The van der Waals surface area contributed by atoms with Crippen LogP contribution in [-0.4, -0.2) is 32.0 Å². The van der Waals surface area contributed by atoms with Crippen LogP contribution in [0.2, 0.25) is 0 Å². The number of benzene rings is 1. The van der Waals surface area contributed by atoms with Crippen molar-refractivity contribution < 1.29 is 14.3 Å². The molecule has 1 aromatic rings. The first kappa shape index (κ1) is 18.7. The van der Waals surface area contributed by atoms with E-state index in [-0.39, 0.29) is 12.2 Å².